The van der Waals surface area contributed by atoms with Crippen LogP contribution in [0.3, 0.4) is 0 Å². The molecule has 0 unspecified atom stereocenters. The van der Waals surface area contributed by atoms with Crippen molar-refractivity contribution in [1.29, 1.82) is 0 Å². The fourth-order valence-corrected chi connectivity index (χ4v) is 5.38. The number of carboxylic acid groups (broad SMARTS) is 4. The summed E-state index contributed by atoms with van der Waals surface area (Å²) < 4.78 is 35.6. The van der Waals surface area contributed by atoms with Crippen molar-refractivity contribution >= 4 is 23.9 Å². The second kappa shape index (κ2) is 15.0. The summed E-state index contributed by atoms with van der Waals surface area (Å²) in [5, 5.41) is 131. The van der Waals surface area contributed by atoms with Crippen molar-refractivity contribution in [1.82, 2.24) is 0 Å². The lowest BCUT2D eigenvalue weighted by atomic mass is 9.95. The van der Waals surface area contributed by atoms with Crippen LogP contribution in [0.1, 0.15) is 6.42 Å². The van der Waals surface area contributed by atoms with Crippen LogP contribution in [0.5, 0.6) is 0 Å². The van der Waals surface area contributed by atoms with Crippen LogP contribution in [-0.2, 0) is 52.3 Å². The highest BCUT2D eigenvalue weighted by molar-refractivity contribution is 5.74. The van der Waals surface area contributed by atoms with Gasteiger partial charge in [0, 0.05) is 6.42 Å². The van der Waals surface area contributed by atoms with Gasteiger partial charge in [0.25, 0.3) is 0 Å². The molecule has 0 aromatic rings. The van der Waals surface area contributed by atoms with Crippen LogP contribution in [0.15, 0.2) is 0 Å². The zero-order valence-electron chi connectivity index (χ0n) is 24.0. The quantitative estimate of drug-likeness (QED) is 0.100. The second-order valence-electron chi connectivity index (χ2n) is 11.2. The molecule has 4 aliphatic rings. The first-order valence-corrected chi connectivity index (χ1v) is 14.0. The molecule has 13 N–H and O–H groups in total. The van der Waals surface area contributed by atoms with Crippen molar-refractivity contribution in [2.24, 2.45) is 0 Å². The van der Waals surface area contributed by atoms with E-state index < -0.39 is 147 Å². The molecule has 19 atom stereocenters. The lowest BCUT2D eigenvalue weighted by Crippen LogP contribution is -2.68. The molecule has 0 aromatic carbocycles. The normalized spacial score (nSPS) is 48.4. The Kier molecular flexibility index (Phi) is 11.9. The third-order valence-electron chi connectivity index (χ3n) is 7.96. The SMILES string of the molecule is O=C(O)[C@@H]1C[C@H](O)[C@H](O)[C@H](O[C@H]2[C@H](O)[C@H](O)[C@H](O[C@H]3[C@H](O)[C@H](O)[C@H](O[C@H]4[C@H](O)[C@H](O)[C@@H](O)O[C@@H]4C(=O)O)O[C@H]3C(=O)O)O[C@@H]2C(=O)O)O1. The topological polar surface area (TPSA) is 396 Å². The highest BCUT2D eigenvalue weighted by atomic mass is 16.8. The Morgan fingerprint density at radius 1 is 0.438 bits per heavy atom. The molecule has 0 spiro atoms. The number of hydrogen-bond donors (Lipinski definition) is 13. The largest absolute Gasteiger partial charge is 0.479 e. The highest BCUT2D eigenvalue weighted by Gasteiger charge is 2.57. The van der Waals surface area contributed by atoms with Crippen LogP contribution in [0.25, 0.3) is 0 Å². The van der Waals surface area contributed by atoms with Crippen molar-refractivity contribution < 1.29 is 119 Å². The van der Waals surface area contributed by atoms with E-state index in [-0.39, 0.29) is 0 Å². The first kappa shape index (κ1) is 38.0. The van der Waals surface area contributed by atoms with Gasteiger partial charge in [-0.15, -0.1) is 0 Å². The van der Waals surface area contributed by atoms with E-state index in [4.69, 9.17) is 28.4 Å². The van der Waals surface area contributed by atoms with Gasteiger partial charge in [-0.1, -0.05) is 0 Å². The first-order valence-electron chi connectivity index (χ1n) is 14.0. The van der Waals surface area contributed by atoms with Gasteiger partial charge in [0.2, 0.25) is 0 Å². The summed E-state index contributed by atoms with van der Waals surface area (Å²) in [7, 11) is 0. The molecule has 4 saturated heterocycles. The van der Waals surface area contributed by atoms with E-state index in [0.29, 0.717) is 0 Å². The van der Waals surface area contributed by atoms with Gasteiger partial charge < -0.3 is 99.5 Å². The van der Waals surface area contributed by atoms with Gasteiger partial charge in [0.1, 0.15) is 61.0 Å². The zero-order valence-corrected chi connectivity index (χ0v) is 24.0. The van der Waals surface area contributed by atoms with Crippen LogP contribution in [0, 0.1) is 0 Å². The Hall–Kier alpha value is -2.76. The molecular weight excluding hydrogens is 672 g/mol. The smallest absolute Gasteiger partial charge is 0.335 e. The average Bonchev–Trinajstić information content (AvgIpc) is 3.01. The molecule has 0 radical (unpaired) electrons. The molecule has 0 bridgehead atoms. The third kappa shape index (κ3) is 7.53. The molecule has 274 valence electrons. The molecule has 48 heavy (non-hydrogen) atoms. The highest BCUT2D eigenvalue weighted by Crippen LogP contribution is 2.34. The monoisotopic (exact) mass is 706 g/mol. The van der Waals surface area contributed by atoms with Gasteiger partial charge in [0.05, 0.1) is 6.10 Å². The van der Waals surface area contributed by atoms with Gasteiger partial charge in [-0.3, -0.25) is 0 Å². The number of rotatable bonds is 10. The number of aliphatic carboxylic acids is 4. The Bertz CT molecular complexity index is 1180. The molecule has 4 rings (SSSR count). The Morgan fingerprint density at radius 2 is 0.792 bits per heavy atom. The summed E-state index contributed by atoms with van der Waals surface area (Å²) in [4.78, 5) is 47.1. The average molecular weight is 707 g/mol. The summed E-state index contributed by atoms with van der Waals surface area (Å²) >= 11 is 0. The summed E-state index contributed by atoms with van der Waals surface area (Å²) in [6, 6.07) is 0. The fraction of sp³-hybridized carbons (Fsp3) is 0.833. The first-order chi connectivity index (χ1) is 22.3. The Morgan fingerprint density at radius 3 is 1.17 bits per heavy atom. The van der Waals surface area contributed by atoms with E-state index in [0.717, 1.165) is 0 Å². The van der Waals surface area contributed by atoms with Crippen molar-refractivity contribution in [2.45, 2.75) is 123 Å². The predicted molar refractivity (Wildman–Crippen MR) is 135 cm³/mol. The summed E-state index contributed by atoms with van der Waals surface area (Å²) in [6.45, 7) is 0. The number of aliphatic hydroxyl groups excluding tert-OH is 9. The minimum absolute atomic E-state index is 0.588. The lowest BCUT2D eigenvalue weighted by Gasteiger charge is -2.47. The minimum Gasteiger partial charge on any atom is -0.479 e. The van der Waals surface area contributed by atoms with Crippen LogP contribution >= 0.6 is 0 Å². The molecule has 0 amide bonds. The van der Waals surface area contributed by atoms with E-state index in [2.05, 4.69) is 4.74 Å². The molecule has 4 fully saturated rings. The maximum absolute atomic E-state index is 12.1. The van der Waals surface area contributed by atoms with E-state index in [9.17, 15) is 85.6 Å². The molecular formula is C24H34O24. The van der Waals surface area contributed by atoms with Crippen LogP contribution in [0.4, 0.5) is 0 Å². The Balaban J connectivity index is 1.51. The van der Waals surface area contributed by atoms with Crippen LogP contribution in [-0.4, -0.2) is 207 Å². The van der Waals surface area contributed by atoms with Gasteiger partial charge >= 0.3 is 23.9 Å². The van der Waals surface area contributed by atoms with Gasteiger partial charge in [-0.05, 0) is 0 Å². The molecule has 4 aliphatic heterocycles. The summed E-state index contributed by atoms with van der Waals surface area (Å²) in [6.07, 6.45) is -42.3. The van der Waals surface area contributed by atoms with Crippen LogP contribution in [0.2, 0.25) is 0 Å². The molecule has 0 saturated carbocycles. The van der Waals surface area contributed by atoms with Crippen molar-refractivity contribution in [3.63, 3.8) is 0 Å². The predicted octanol–water partition coefficient (Wildman–Crippen LogP) is -8.35. The number of aliphatic hydroxyl groups is 9. The van der Waals surface area contributed by atoms with Gasteiger partial charge in [-0.25, -0.2) is 19.2 Å². The summed E-state index contributed by atoms with van der Waals surface area (Å²) in [5.41, 5.74) is 0. The van der Waals surface area contributed by atoms with E-state index in [1.165, 1.54) is 0 Å². The zero-order chi connectivity index (χ0) is 35.9. The molecule has 4 heterocycles. The molecule has 24 nitrogen and oxygen atoms in total. The van der Waals surface area contributed by atoms with Crippen molar-refractivity contribution in [3.8, 4) is 0 Å². The fourth-order valence-electron chi connectivity index (χ4n) is 5.38. The Labute approximate surface area is 266 Å². The summed E-state index contributed by atoms with van der Waals surface area (Å²) in [5.74, 6) is -7.30. The van der Waals surface area contributed by atoms with Crippen molar-refractivity contribution in [2.75, 3.05) is 0 Å². The minimum atomic E-state index is -2.41. The second-order valence-corrected chi connectivity index (χ2v) is 11.2. The third-order valence-corrected chi connectivity index (χ3v) is 7.96. The number of hydrogen-bond acceptors (Lipinski definition) is 20. The van der Waals surface area contributed by atoms with Crippen molar-refractivity contribution in [3.05, 3.63) is 0 Å². The molecule has 0 aliphatic carbocycles. The molecule has 24 heteroatoms. The van der Waals surface area contributed by atoms with E-state index >= 15 is 0 Å². The lowest BCUT2D eigenvalue weighted by molar-refractivity contribution is -0.376. The number of ether oxygens (including phenoxy) is 7. The van der Waals surface area contributed by atoms with Crippen LogP contribution < -0.4 is 0 Å². The maximum Gasteiger partial charge on any atom is 0.335 e. The van der Waals surface area contributed by atoms with E-state index in [1.54, 1.807) is 0 Å². The molecule has 0 aromatic heterocycles. The van der Waals surface area contributed by atoms with Gasteiger partial charge in [-0.2, -0.15) is 0 Å². The van der Waals surface area contributed by atoms with Gasteiger partial charge in [0.15, 0.2) is 49.6 Å². The maximum atomic E-state index is 12.1. The van der Waals surface area contributed by atoms with E-state index in [1.807, 2.05) is 0 Å². The number of carboxylic acids is 4. The standard InChI is InChI=1S/C24H34O24/c25-2-1-3(17(33)34)42-22(4(2)26)44-12-6(28)9(31)24(47-15(12)19(37)38)46-13-7(29)10(32)23(48-16(13)20(39)40)45-11-5(27)8(30)21(41)43-14(11)18(35)36/h2-16,21-32,41H,1H2,(H,33,34)(H,35,36)(H,37,38)(H,39,40)/t2-,3-,4-,5+,6+,7+,8-,9-,10-,11-,12-,13-,14-,15-,16+,21-,22-,23+,24+/m0/s1. The number of carbonyl (C=O) groups is 4.